The molecule has 8 heteroatoms. The number of thiophene rings is 1. The average Bonchev–Trinajstić information content (AvgIpc) is 3.08. The molecule has 2 heterocycles. The second-order valence-electron chi connectivity index (χ2n) is 6.48. The van der Waals surface area contributed by atoms with E-state index >= 15 is 0 Å². The number of carbonyl (C=O) groups is 1. The number of nitrogens with one attached hydrogen (secondary N) is 1. The van der Waals surface area contributed by atoms with Gasteiger partial charge in [0.15, 0.2) is 0 Å². The van der Waals surface area contributed by atoms with Gasteiger partial charge in [-0.1, -0.05) is 35.9 Å². The standard InChI is InChI=1S/C21H16ClN3O3S/c1-13-10-17-19(27)25(16-8-3-2-4-9-16)21(28)24(20(17)29-13)12-18(26)23-15-7-5-6-14(22)11-15/h2-11H,12H2,1H3,(H,23,26). The third-order valence-corrected chi connectivity index (χ3v) is 5.67. The molecule has 0 saturated carbocycles. The summed E-state index contributed by atoms with van der Waals surface area (Å²) in [5.74, 6) is -0.389. The summed E-state index contributed by atoms with van der Waals surface area (Å²) in [5, 5.41) is 3.64. The molecule has 4 aromatic rings. The summed E-state index contributed by atoms with van der Waals surface area (Å²) in [6.45, 7) is 1.63. The van der Waals surface area contributed by atoms with Crippen LogP contribution in [-0.2, 0) is 11.3 Å². The van der Waals surface area contributed by atoms with Crippen LogP contribution in [0.4, 0.5) is 5.69 Å². The van der Waals surface area contributed by atoms with E-state index in [0.29, 0.717) is 26.6 Å². The fourth-order valence-electron chi connectivity index (χ4n) is 3.13. The summed E-state index contributed by atoms with van der Waals surface area (Å²) in [6.07, 6.45) is 0. The quantitative estimate of drug-likeness (QED) is 0.540. The average molecular weight is 426 g/mol. The zero-order chi connectivity index (χ0) is 20.5. The Morgan fingerprint density at radius 3 is 2.55 bits per heavy atom. The van der Waals surface area contributed by atoms with Crippen molar-refractivity contribution in [3.05, 3.63) is 91.4 Å². The second kappa shape index (κ2) is 7.69. The zero-order valence-corrected chi connectivity index (χ0v) is 17.0. The summed E-state index contributed by atoms with van der Waals surface area (Å²) in [4.78, 5) is 40.1. The minimum Gasteiger partial charge on any atom is -0.324 e. The molecule has 0 aliphatic heterocycles. The molecule has 0 bridgehead atoms. The van der Waals surface area contributed by atoms with E-state index in [9.17, 15) is 14.4 Å². The molecule has 0 saturated heterocycles. The van der Waals surface area contributed by atoms with Crippen LogP contribution in [0.5, 0.6) is 0 Å². The SMILES string of the molecule is Cc1cc2c(=O)n(-c3ccccc3)c(=O)n(CC(=O)Nc3cccc(Cl)c3)c2s1. The van der Waals surface area contributed by atoms with Crippen molar-refractivity contribution in [2.75, 3.05) is 5.32 Å². The van der Waals surface area contributed by atoms with Crippen molar-refractivity contribution in [1.29, 1.82) is 0 Å². The number of hydrogen-bond donors (Lipinski definition) is 1. The van der Waals surface area contributed by atoms with Crippen LogP contribution in [0.3, 0.4) is 0 Å². The molecule has 0 aliphatic carbocycles. The highest BCUT2D eigenvalue weighted by Crippen LogP contribution is 2.22. The van der Waals surface area contributed by atoms with Crippen molar-refractivity contribution in [3.8, 4) is 5.69 Å². The number of aryl methyl sites for hydroxylation is 1. The van der Waals surface area contributed by atoms with Gasteiger partial charge < -0.3 is 5.32 Å². The zero-order valence-electron chi connectivity index (χ0n) is 15.4. The molecule has 4 rings (SSSR count). The number of aromatic nitrogens is 2. The number of carbonyl (C=O) groups excluding carboxylic acids is 1. The van der Waals surface area contributed by atoms with E-state index in [-0.39, 0.29) is 12.5 Å². The van der Waals surface area contributed by atoms with E-state index in [1.54, 1.807) is 60.7 Å². The summed E-state index contributed by atoms with van der Waals surface area (Å²) in [6, 6.07) is 17.2. The van der Waals surface area contributed by atoms with E-state index in [2.05, 4.69) is 5.32 Å². The van der Waals surface area contributed by atoms with E-state index in [1.165, 1.54) is 15.9 Å². The molecule has 0 radical (unpaired) electrons. The van der Waals surface area contributed by atoms with Gasteiger partial charge in [-0.15, -0.1) is 11.3 Å². The van der Waals surface area contributed by atoms with Crippen molar-refractivity contribution in [1.82, 2.24) is 9.13 Å². The van der Waals surface area contributed by atoms with E-state index < -0.39 is 11.2 Å². The molecular weight excluding hydrogens is 410 g/mol. The Kier molecular flexibility index (Phi) is 5.08. The van der Waals surface area contributed by atoms with Crippen LogP contribution in [0.15, 0.2) is 70.3 Å². The summed E-state index contributed by atoms with van der Waals surface area (Å²) in [5.41, 5.74) is 0.0339. The predicted molar refractivity (Wildman–Crippen MR) is 117 cm³/mol. The van der Waals surface area contributed by atoms with Gasteiger partial charge >= 0.3 is 5.69 Å². The number of para-hydroxylation sites is 1. The molecule has 6 nitrogen and oxygen atoms in total. The van der Waals surface area contributed by atoms with Gasteiger partial charge in [-0.3, -0.25) is 14.2 Å². The van der Waals surface area contributed by atoms with Crippen LogP contribution in [0, 0.1) is 6.92 Å². The third-order valence-electron chi connectivity index (χ3n) is 4.36. The Balaban J connectivity index is 1.82. The number of nitrogens with zero attached hydrogens (tertiary/aromatic N) is 2. The first-order chi connectivity index (χ1) is 13.9. The number of amides is 1. The lowest BCUT2D eigenvalue weighted by molar-refractivity contribution is -0.116. The Labute approximate surface area is 174 Å². The third kappa shape index (κ3) is 3.74. The Hall–Kier alpha value is -3.16. The Morgan fingerprint density at radius 2 is 1.83 bits per heavy atom. The smallest absolute Gasteiger partial charge is 0.324 e. The van der Waals surface area contributed by atoms with E-state index in [0.717, 1.165) is 9.44 Å². The molecular formula is C21H16ClN3O3S. The lowest BCUT2D eigenvalue weighted by atomic mass is 10.3. The lowest BCUT2D eigenvalue weighted by Gasteiger charge is -2.12. The minimum atomic E-state index is -0.559. The maximum absolute atomic E-state index is 13.2. The van der Waals surface area contributed by atoms with E-state index in [1.807, 2.05) is 6.92 Å². The van der Waals surface area contributed by atoms with Crippen molar-refractivity contribution >= 4 is 44.7 Å². The number of fused-ring (bicyclic) bond motifs is 1. The number of benzene rings is 2. The molecule has 0 fully saturated rings. The molecule has 0 aliphatic rings. The highest BCUT2D eigenvalue weighted by atomic mass is 35.5. The van der Waals surface area contributed by atoms with Gasteiger partial charge in [0.1, 0.15) is 11.4 Å². The molecule has 0 atom stereocenters. The van der Waals surface area contributed by atoms with Crippen LogP contribution >= 0.6 is 22.9 Å². The summed E-state index contributed by atoms with van der Waals surface area (Å²) >= 11 is 7.27. The molecule has 1 N–H and O–H groups in total. The van der Waals surface area contributed by atoms with E-state index in [4.69, 9.17) is 11.6 Å². The van der Waals surface area contributed by atoms with Gasteiger partial charge in [-0.05, 0) is 43.3 Å². The monoisotopic (exact) mass is 425 g/mol. The number of rotatable bonds is 4. The highest BCUT2D eigenvalue weighted by molar-refractivity contribution is 7.18. The Morgan fingerprint density at radius 1 is 1.07 bits per heavy atom. The van der Waals surface area contributed by atoms with Gasteiger partial charge in [-0.2, -0.15) is 0 Å². The van der Waals surface area contributed by atoms with Crippen LogP contribution in [0.2, 0.25) is 5.02 Å². The summed E-state index contributed by atoms with van der Waals surface area (Å²) in [7, 11) is 0. The van der Waals surface area contributed by atoms with Crippen LogP contribution < -0.4 is 16.6 Å². The minimum absolute atomic E-state index is 0.227. The number of anilines is 1. The van der Waals surface area contributed by atoms with Gasteiger partial charge in [-0.25, -0.2) is 9.36 Å². The molecule has 1 amide bonds. The van der Waals surface area contributed by atoms with Crippen molar-refractivity contribution in [2.45, 2.75) is 13.5 Å². The molecule has 2 aromatic heterocycles. The number of halogens is 1. The molecule has 0 spiro atoms. The van der Waals surface area contributed by atoms with Crippen LogP contribution in [-0.4, -0.2) is 15.0 Å². The molecule has 29 heavy (non-hydrogen) atoms. The normalized spacial score (nSPS) is 11.0. The second-order valence-corrected chi connectivity index (χ2v) is 8.15. The molecule has 146 valence electrons. The summed E-state index contributed by atoms with van der Waals surface area (Å²) < 4.78 is 2.43. The van der Waals surface area contributed by atoms with Gasteiger partial charge in [0, 0.05) is 15.6 Å². The van der Waals surface area contributed by atoms with Crippen LogP contribution in [0.25, 0.3) is 15.9 Å². The first-order valence-electron chi connectivity index (χ1n) is 8.81. The van der Waals surface area contributed by atoms with Crippen molar-refractivity contribution in [2.24, 2.45) is 0 Å². The van der Waals surface area contributed by atoms with Gasteiger partial charge in [0.05, 0.1) is 11.1 Å². The maximum atomic E-state index is 13.2. The predicted octanol–water partition coefficient (Wildman–Crippen LogP) is 3.81. The largest absolute Gasteiger partial charge is 0.337 e. The van der Waals surface area contributed by atoms with Crippen molar-refractivity contribution in [3.63, 3.8) is 0 Å². The fraction of sp³-hybridized carbons (Fsp3) is 0.0952. The van der Waals surface area contributed by atoms with Crippen molar-refractivity contribution < 1.29 is 4.79 Å². The lowest BCUT2D eigenvalue weighted by Crippen LogP contribution is -2.40. The Bertz CT molecular complexity index is 1340. The first kappa shape index (κ1) is 19.2. The maximum Gasteiger partial charge on any atom is 0.337 e. The first-order valence-corrected chi connectivity index (χ1v) is 10.0. The highest BCUT2D eigenvalue weighted by Gasteiger charge is 2.18. The number of hydrogen-bond acceptors (Lipinski definition) is 4. The molecule has 2 aromatic carbocycles. The van der Waals surface area contributed by atoms with Gasteiger partial charge in [0.25, 0.3) is 5.56 Å². The van der Waals surface area contributed by atoms with Gasteiger partial charge in [0.2, 0.25) is 5.91 Å². The molecule has 0 unspecified atom stereocenters. The van der Waals surface area contributed by atoms with Crippen LogP contribution in [0.1, 0.15) is 4.88 Å². The fourth-order valence-corrected chi connectivity index (χ4v) is 4.31. The topological polar surface area (TPSA) is 73.1 Å².